The molecule has 2 N–H and O–H groups in total. The van der Waals surface area contributed by atoms with E-state index >= 15 is 0 Å². The van der Waals surface area contributed by atoms with Gasteiger partial charge in [0.05, 0.1) is 22.7 Å². The van der Waals surface area contributed by atoms with E-state index in [9.17, 15) is 24.0 Å². The molecule has 1 saturated carbocycles. The zero-order chi connectivity index (χ0) is 41.1. The van der Waals surface area contributed by atoms with Crippen molar-refractivity contribution in [2.75, 3.05) is 37.6 Å². The highest BCUT2D eigenvalue weighted by atomic mass is 35.5. The Morgan fingerprint density at radius 2 is 1.48 bits per heavy atom. The fourth-order valence-electron chi connectivity index (χ4n) is 10.3. The van der Waals surface area contributed by atoms with Gasteiger partial charge in [0.1, 0.15) is 17.9 Å². The highest BCUT2D eigenvalue weighted by molar-refractivity contribution is 6.33. The molecule has 58 heavy (non-hydrogen) atoms. The van der Waals surface area contributed by atoms with Crippen LogP contribution in [0.3, 0.4) is 0 Å². The molecule has 5 amide bonds. The number of anilines is 1. The molecule has 1 atom stereocenters. The average Bonchev–Trinajstić information content (AvgIpc) is 3.30. The van der Waals surface area contributed by atoms with Gasteiger partial charge in [0.25, 0.3) is 17.7 Å². The Morgan fingerprint density at radius 3 is 2.05 bits per heavy atom. The van der Waals surface area contributed by atoms with Crippen molar-refractivity contribution in [1.29, 1.82) is 0 Å². The molecule has 1 aliphatic carbocycles. The third-order valence-corrected chi connectivity index (χ3v) is 13.5. The number of hydrogen-bond acceptors (Lipinski definition) is 8. The van der Waals surface area contributed by atoms with Gasteiger partial charge in [-0.15, -0.1) is 0 Å². The summed E-state index contributed by atoms with van der Waals surface area (Å²) in [6.07, 6.45) is 3.74. The summed E-state index contributed by atoms with van der Waals surface area (Å²) in [5.74, 6) is -0.862. The van der Waals surface area contributed by atoms with Crippen LogP contribution in [0.2, 0.25) is 5.02 Å². The van der Waals surface area contributed by atoms with E-state index in [1.807, 2.05) is 36.4 Å². The Balaban J connectivity index is 0.815. The van der Waals surface area contributed by atoms with Gasteiger partial charge in [-0.25, -0.2) is 4.85 Å². The Bertz CT molecular complexity index is 2180. The first-order chi connectivity index (χ1) is 27.6. The number of carbonyl (C=O) groups is 5. The molecule has 0 aromatic heterocycles. The molecule has 4 aliphatic heterocycles. The molecule has 3 aromatic rings. The van der Waals surface area contributed by atoms with E-state index in [2.05, 4.69) is 53.0 Å². The average molecular weight is 805 g/mol. The fourth-order valence-corrected chi connectivity index (χ4v) is 10.5. The Hall–Kier alpha value is -5.25. The minimum Gasteiger partial charge on any atom is -0.489 e. The van der Waals surface area contributed by atoms with Gasteiger partial charge in [0.15, 0.2) is 0 Å². The SMILES string of the molecule is [C-]#[N+]c1ccc(OC2C(C)(C)C(NC(=O)c3ccc(N4CCC(CN5CCc6cc7c(cc6CC5)C(=O)N(C5CCC(=O)NC5=O)C7=O)CC4)cc3)C2(C)C)cc1Cl. The van der Waals surface area contributed by atoms with Crippen molar-refractivity contribution in [3.8, 4) is 5.75 Å². The maximum absolute atomic E-state index is 13.5. The van der Waals surface area contributed by atoms with Crippen LogP contribution in [-0.4, -0.2) is 90.2 Å². The topological polar surface area (TPSA) is 133 Å². The lowest BCUT2D eigenvalue weighted by Gasteiger charge is -2.63. The summed E-state index contributed by atoms with van der Waals surface area (Å²) < 4.78 is 6.39. The number of rotatable bonds is 8. The van der Waals surface area contributed by atoms with Crippen molar-refractivity contribution in [2.45, 2.75) is 84.4 Å². The van der Waals surface area contributed by atoms with Gasteiger partial charge in [-0.05, 0) is 97.7 Å². The third kappa shape index (κ3) is 7.13. The zero-order valence-electron chi connectivity index (χ0n) is 33.4. The van der Waals surface area contributed by atoms with E-state index < -0.39 is 23.8 Å². The van der Waals surface area contributed by atoms with Gasteiger partial charge in [-0.1, -0.05) is 45.4 Å². The number of halogens is 1. The molecule has 3 fully saturated rings. The van der Waals surface area contributed by atoms with E-state index in [1.54, 1.807) is 18.2 Å². The molecule has 0 bridgehead atoms. The van der Waals surface area contributed by atoms with Gasteiger partial charge in [-0.3, -0.25) is 34.2 Å². The second-order valence-corrected chi connectivity index (χ2v) is 18.1. The lowest BCUT2D eigenvalue weighted by Crippen LogP contribution is -2.74. The van der Waals surface area contributed by atoms with Gasteiger partial charge in [0.2, 0.25) is 17.5 Å². The predicted molar refractivity (Wildman–Crippen MR) is 219 cm³/mol. The number of imide groups is 2. The van der Waals surface area contributed by atoms with Crippen molar-refractivity contribution in [2.24, 2.45) is 16.7 Å². The van der Waals surface area contributed by atoms with Crippen molar-refractivity contribution < 1.29 is 28.7 Å². The summed E-state index contributed by atoms with van der Waals surface area (Å²) in [6, 6.07) is 15.6. The van der Waals surface area contributed by atoms with Gasteiger partial charge < -0.3 is 19.9 Å². The summed E-state index contributed by atoms with van der Waals surface area (Å²) >= 11 is 6.26. The number of benzene rings is 3. The maximum atomic E-state index is 13.5. The molecule has 302 valence electrons. The summed E-state index contributed by atoms with van der Waals surface area (Å²) in [7, 11) is 0. The number of carbonyl (C=O) groups excluding carboxylic acids is 5. The first-order valence-electron chi connectivity index (χ1n) is 20.2. The number of ether oxygens (including phenoxy) is 1. The normalized spacial score (nSPS) is 24.2. The molecule has 0 spiro atoms. The first kappa shape index (κ1) is 39.6. The number of nitrogens with one attached hydrogen (secondary N) is 2. The molecule has 1 unspecified atom stereocenters. The van der Waals surface area contributed by atoms with Crippen LogP contribution in [0.1, 0.15) is 95.6 Å². The summed E-state index contributed by atoms with van der Waals surface area (Å²) in [4.78, 5) is 73.8. The predicted octanol–water partition coefficient (Wildman–Crippen LogP) is 6.22. The Morgan fingerprint density at radius 1 is 0.862 bits per heavy atom. The largest absolute Gasteiger partial charge is 0.489 e. The minimum absolute atomic E-state index is 0.0984. The maximum Gasteiger partial charge on any atom is 0.262 e. The molecule has 5 aliphatic rings. The second-order valence-electron chi connectivity index (χ2n) is 17.7. The quantitative estimate of drug-likeness (QED) is 0.203. The lowest BCUT2D eigenvalue weighted by molar-refractivity contribution is -0.164. The minimum atomic E-state index is -0.962. The lowest BCUT2D eigenvalue weighted by atomic mass is 9.49. The van der Waals surface area contributed by atoms with Crippen LogP contribution in [0.15, 0.2) is 54.6 Å². The summed E-state index contributed by atoms with van der Waals surface area (Å²) in [5, 5.41) is 5.90. The van der Waals surface area contributed by atoms with Crippen molar-refractivity contribution >= 4 is 52.5 Å². The van der Waals surface area contributed by atoms with E-state index in [4.69, 9.17) is 22.9 Å². The van der Waals surface area contributed by atoms with Crippen molar-refractivity contribution in [3.05, 3.63) is 98.9 Å². The molecule has 13 heteroatoms. The standard InChI is InChI=1S/C45H49ClN6O6/c1-44(2)42(45(3,4)43(44)58-31-10-11-35(47-5)34(46)24-31)49-38(54)27-6-8-30(9-7-27)51-20-14-26(15-21-51)25-50-18-16-28-22-32-33(23-29(28)17-19-50)41(57)52(40(32)56)36-12-13-37(53)48-39(36)55/h6-11,22-24,26,36,42-43H,12-21,25H2,1-4H3,(H,49,54)(H,48,53,55). The molecule has 12 nitrogen and oxygen atoms in total. The number of nitrogens with zero attached hydrogens (tertiary/aromatic N) is 4. The molecule has 8 rings (SSSR count). The Kier molecular flexibility index (Phi) is 10.3. The molecule has 2 saturated heterocycles. The number of hydrogen-bond donors (Lipinski definition) is 2. The van der Waals surface area contributed by atoms with Gasteiger partial charge in [-0.2, -0.15) is 0 Å². The Labute approximate surface area is 344 Å². The van der Waals surface area contributed by atoms with Crippen LogP contribution in [0, 0.1) is 23.3 Å². The fraction of sp³-hybridized carbons (Fsp3) is 0.467. The molecular formula is C45H49ClN6O6. The van der Waals surface area contributed by atoms with E-state index in [1.165, 1.54) is 0 Å². The van der Waals surface area contributed by atoms with Crippen LogP contribution in [0.5, 0.6) is 5.75 Å². The molecule has 3 aromatic carbocycles. The number of piperidine rings is 2. The summed E-state index contributed by atoms with van der Waals surface area (Å²) in [6.45, 7) is 20.2. The first-order valence-corrected chi connectivity index (χ1v) is 20.6. The van der Waals surface area contributed by atoms with E-state index in [0.29, 0.717) is 39.1 Å². The monoisotopic (exact) mass is 804 g/mol. The van der Waals surface area contributed by atoms with Gasteiger partial charge >= 0.3 is 0 Å². The summed E-state index contributed by atoms with van der Waals surface area (Å²) in [5.41, 5.74) is 4.25. The highest BCUT2D eigenvalue weighted by Gasteiger charge is 2.64. The van der Waals surface area contributed by atoms with Crippen LogP contribution in [0.4, 0.5) is 11.4 Å². The van der Waals surface area contributed by atoms with Crippen LogP contribution >= 0.6 is 11.6 Å². The van der Waals surface area contributed by atoms with E-state index in [0.717, 1.165) is 80.1 Å². The molecule has 4 heterocycles. The highest BCUT2D eigenvalue weighted by Crippen LogP contribution is 2.55. The zero-order valence-corrected chi connectivity index (χ0v) is 34.2. The van der Waals surface area contributed by atoms with E-state index in [-0.39, 0.29) is 47.6 Å². The van der Waals surface area contributed by atoms with Crippen LogP contribution in [0.25, 0.3) is 4.85 Å². The molecular weight excluding hydrogens is 756 g/mol. The van der Waals surface area contributed by atoms with Crippen LogP contribution < -0.4 is 20.3 Å². The van der Waals surface area contributed by atoms with Crippen molar-refractivity contribution in [3.63, 3.8) is 0 Å². The number of fused-ring (bicyclic) bond motifs is 2. The number of amides is 5. The van der Waals surface area contributed by atoms with Crippen molar-refractivity contribution in [1.82, 2.24) is 20.4 Å². The van der Waals surface area contributed by atoms with Crippen LogP contribution in [-0.2, 0) is 22.4 Å². The van der Waals surface area contributed by atoms with Gasteiger partial charge in [0, 0.05) is 67.3 Å². The smallest absolute Gasteiger partial charge is 0.262 e. The third-order valence-electron chi connectivity index (χ3n) is 13.2. The second kappa shape index (κ2) is 15.2. The molecule has 0 radical (unpaired) electrons.